The molecule has 0 spiro atoms. The Kier molecular flexibility index (Phi) is 7.83. The van der Waals surface area contributed by atoms with Gasteiger partial charge in [0, 0.05) is 6.61 Å². The van der Waals surface area contributed by atoms with E-state index in [0.717, 1.165) is 48.5 Å². The first-order valence-corrected chi connectivity index (χ1v) is 13.7. The summed E-state index contributed by atoms with van der Waals surface area (Å²) in [5.41, 5.74) is 0.0173. The summed E-state index contributed by atoms with van der Waals surface area (Å²) in [6.07, 6.45) is 21.7. The van der Waals surface area contributed by atoms with Crippen LogP contribution in [0.15, 0.2) is 0 Å². The lowest BCUT2D eigenvalue weighted by molar-refractivity contribution is -0.109. The van der Waals surface area contributed by atoms with Gasteiger partial charge in [0.1, 0.15) is 0 Å². The molecule has 6 unspecified atom stereocenters. The van der Waals surface area contributed by atoms with Crippen LogP contribution in [0.4, 0.5) is 0 Å². The van der Waals surface area contributed by atoms with E-state index in [4.69, 9.17) is 4.74 Å². The second-order valence-corrected chi connectivity index (χ2v) is 11.5. The minimum Gasteiger partial charge on any atom is -0.378 e. The fraction of sp³-hybridized carbons (Fsp3) is 0.964. The first-order chi connectivity index (χ1) is 14.7. The molecule has 0 bridgehead atoms. The van der Waals surface area contributed by atoms with Crippen LogP contribution >= 0.6 is 0 Å². The van der Waals surface area contributed by atoms with Crippen molar-refractivity contribution >= 4 is 0 Å². The normalized spacial score (nSPS) is 43.2. The van der Waals surface area contributed by atoms with Crippen molar-refractivity contribution in [1.29, 1.82) is 5.26 Å². The molecule has 4 fully saturated rings. The fourth-order valence-corrected chi connectivity index (χ4v) is 8.47. The summed E-state index contributed by atoms with van der Waals surface area (Å²) in [6, 6.07) is 2.84. The Balaban J connectivity index is 1.38. The minimum atomic E-state index is 0.0173. The molecule has 0 aromatic rings. The topological polar surface area (TPSA) is 33.0 Å². The van der Waals surface area contributed by atoms with Crippen molar-refractivity contribution in [2.24, 2.45) is 40.9 Å². The molecule has 4 aliphatic rings. The number of rotatable bonds is 8. The van der Waals surface area contributed by atoms with E-state index in [1.165, 1.54) is 96.3 Å². The molecule has 0 aromatic carbocycles. The number of hydrogen-bond acceptors (Lipinski definition) is 2. The van der Waals surface area contributed by atoms with Gasteiger partial charge in [-0.1, -0.05) is 46.0 Å². The van der Waals surface area contributed by atoms with E-state index in [9.17, 15) is 5.26 Å². The molecule has 2 nitrogen and oxygen atoms in total. The van der Waals surface area contributed by atoms with E-state index < -0.39 is 0 Å². The molecule has 0 heterocycles. The fourth-order valence-electron chi connectivity index (χ4n) is 8.47. The van der Waals surface area contributed by atoms with Crippen molar-refractivity contribution in [3.8, 4) is 6.07 Å². The van der Waals surface area contributed by atoms with Gasteiger partial charge in [0.15, 0.2) is 0 Å². The van der Waals surface area contributed by atoms with E-state index >= 15 is 0 Å². The van der Waals surface area contributed by atoms with Gasteiger partial charge in [-0.05, 0) is 106 Å². The summed E-state index contributed by atoms with van der Waals surface area (Å²) >= 11 is 0. The molecule has 0 radical (unpaired) electrons. The number of nitriles is 1. The molecular weight excluding hydrogens is 366 g/mol. The maximum Gasteiger partial charge on any atom is 0.0689 e. The number of ether oxygens (including phenoxy) is 1. The molecule has 2 heteroatoms. The number of unbranched alkanes of at least 4 members (excludes halogenated alkanes) is 3. The molecule has 4 rings (SSSR count). The first kappa shape index (κ1) is 22.6. The summed E-state index contributed by atoms with van der Waals surface area (Å²) in [5.74, 6) is 5.50. The standard InChI is InChI=1S/C28H47NO/c1-3-5-7-16-28(20-29)17-15-22-21(19-28)11-12-25-23-9-8-10-27(30-18-6-4-2)26(23)14-13-24(22)25/h21-27H,3-19H2,1-2H3/t21?,22?,23?,24?,25?,26?,27-,28-/m0/s1. The van der Waals surface area contributed by atoms with Gasteiger partial charge in [-0.2, -0.15) is 5.26 Å². The van der Waals surface area contributed by atoms with Crippen LogP contribution < -0.4 is 0 Å². The van der Waals surface area contributed by atoms with Gasteiger partial charge >= 0.3 is 0 Å². The van der Waals surface area contributed by atoms with E-state index in [1.54, 1.807) is 0 Å². The largest absolute Gasteiger partial charge is 0.378 e. The third-order valence-corrected chi connectivity index (χ3v) is 9.95. The van der Waals surface area contributed by atoms with E-state index in [-0.39, 0.29) is 5.41 Å². The lowest BCUT2D eigenvalue weighted by Crippen LogP contribution is -2.50. The second kappa shape index (κ2) is 10.4. The van der Waals surface area contributed by atoms with Crippen LogP contribution in [0.2, 0.25) is 0 Å². The predicted octanol–water partition coefficient (Wildman–Crippen LogP) is 7.91. The van der Waals surface area contributed by atoms with Crippen LogP contribution in [0.3, 0.4) is 0 Å². The molecule has 8 atom stereocenters. The summed E-state index contributed by atoms with van der Waals surface area (Å²) < 4.78 is 6.43. The summed E-state index contributed by atoms with van der Waals surface area (Å²) in [6.45, 7) is 5.53. The highest BCUT2D eigenvalue weighted by atomic mass is 16.5. The number of fused-ring (bicyclic) bond motifs is 5. The molecule has 0 aliphatic heterocycles. The van der Waals surface area contributed by atoms with Gasteiger partial charge in [-0.15, -0.1) is 0 Å². The van der Waals surface area contributed by atoms with Gasteiger partial charge in [-0.3, -0.25) is 0 Å². The SMILES string of the molecule is CCCCC[C@]1(C#N)CCC2C(CCC3C2CCC2C3CCC[C@@H]2OCCCC)C1. The first-order valence-electron chi connectivity index (χ1n) is 13.7. The Hall–Kier alpha value is -0.550. The van der Waals surface area contributed by atoms with Crippen molar-refractivity contribution in [2.45, 2.75) is 123 Å². The van der Waals surface area contributed by atoms with Crippen molar-refractivity contribution < 1.29 is 4.74 Å². The Morgan fingerprint density at radius 2 is 1.53 bits per heavy atom. The third-order valence-electron chi connectivity index (χ3n) is 9.95. The highest BCUT2D eigenvalue weighted by Gasteiger charge is 2.52. The Morgan fingerprint density at radius 3 is 2.33 bits per heavy atom. The van der Waals surface area contributed by atoms with Crippen LogP contribution in [0, 0.1) is 52.3 Å². The predicted molar refractivity (Wildman–Crippen MR) is 124 cm³/mol. The lowest BCUT2D eigenvalue weighted by atomic mass is 9.49. The summed E-state index contributed by atoms with van der Waals surface area (Å²) in [7, 11) is 0. The van der Waals surface area contributed by atoms with E-state index in [1.807, 2.05) is 0 Å². The molecule has 4 saturated carbocycles. The zero-order chi connectivity index (χ0) is 21.0. The molecule has 4 aliphatic carbocycles. The zero-order valence-electron chi connectivity index (χ0n) is 19.9. The van der Waals surface area contributed by atoms with Crippen molar-refractivity contribution in [1.82, 2.24) is 0 Å². The van der Waals surface area contributed by atoms with Crippen LogP contribution in [-0.4, -0.2) is 12.7 Å². The lowest BCUT2D eigenvalue weighted by Gasteiger charge is -2.57. The third kappa shape index (κ3) is 4.62. The Bertz CT molecular complexity index is 582. The molecule has 30 heavy (non-hydrogen) atoms. The van der Waals surface area contributed by atoms with Crippen LogP contribution in [0.5, 0.6) is 0 Å². The molecule has 170 valence electrons. The maximum atomic E-state index is 10.1. The van der Waals surface area contributed by atoms with Crippen molar-refractivity contribution in [2.75, 3.05) is 6.61 Å². The smallest absolute Gasteiger partial charge is 0.0689 e. The molecule has 0 aromatic heterocycles. The van der Waals surface area contributed by atoms with Crippen molar-refractivity contribution in [3.63, 3.8) is 0 Å². The summed E-state index contributed by atoms with van der Waals surface area (Å²) in [5, 5.41) is 10.1. The van der Waals surface area contributed by atoms with Gasteiger partial charge in [-0.25, -0.2) is 0 Å². The zero-order valence-corrected chi connectivity index (χ0v) is 19.9. The Labute approximate surface area is 186 Å². The average Bonchev–Trinajstić information content (AvgIpc) is 2.79. The molecule has 0 saturated heterocycles. The second-order valence-electron chi connectivity index (χ2n) is 11.5. The van der Waals surface area contributed by atoms with E-state index in [0.29, 0.717) is 6.10 Å². The maximum absolute atomic E-state index is 10.1. The Morgan fingerprint density at radius 1 is 0.800 bits per heavy atom. The molecular formula is C28H47NO. The number of hydrogen-bond donors (Lipinski definition) is 0. The number of nitrogens with zero attached hydrogens (tertiary/aromatic N) is 1. The highest BCUT2D eigenvalue weighted by Crippen LogP contribution is 2.60. The van der Waals surface area contributed by atoms with Gasteiger partial charge < -0.3 is 4.74 Å². The highest BCUT2D eigenvalue weighted by molar-refractivity contribution is 5.07. The average molecular weight is 414 g/mol. The monoisotopic (exact) mass is 413 g/mol. The van der Waals surface area contributed by atoms with Gasteiger partial charge in [0.25, 0.3) is 0 Å². The minimum absolute atomic E-state index is 0.0173. The van der Waals surface area contributed by atoms with Crippen LogP contribution in [0.1, 0.15) is 117 Å². The van der Waals surface area contributed by atoms with Gasteiger partial charge in [0.05, 0.1) is 17.6 Å². The van der Waals surface area contributed by atoms with E-state index in [2.05, 4.69) is 19.9 Å². The van der Waals surface area contributed by atoms with Crippen LogP contribution in [0.25, 0.3) is 0 Å². The summed E-state index contributed by atoms with van der Waals surface area (Å²) in [4.78, 5) is 0. The van der Waals surface area contributed by atoms with Gasteiger partial charge in [0.2, 0.25) is 0 Å². The molecule has 0 N–H and O–H groups in total. The molecule has 0 amide bonds. The van der Waals surface area contributed by atoms with Crippen molar-refractivity contribution in [3.05, 3.63) is 0 Å². The van der Waals surface area contributed by atoms with Crippen LogP contribution in [-0.2, 0) is 4.74 Å². The quantitative estimate of drug-likeness (QED) is 0.379.